The van der Waals surface area contributed by atoms with Crippen LogP contribution in [0.3, 0.4) is 0 Å². The van der Waals surface area contributed by atoms with Crippen LogP contribution in [0.5, 0.6) is 0 Å². The smallest absolute Gasteiger partial charge is 0.132 e. The highest BCUT2D eigenvalue weighted by molar-refractivity contribution is 5.48. The highest BCUT2D eigenvalue weighted by Gasteiger charge is 2.18. The lowest BCUT2D eigenvalue weighted by Gasteiger charge is -2.32. The Balaban J connectivity index is 2.01. The van der Waals surface area contributed by atoms with Gasteiger partial charge in [-0.25, -0.2) is 9.97 Å². The van der Waals surface area contributed by atoms with Gasteiger partial charge in [-0.05, 0) is 39.8 Å². The van der Waals surface area contributed by atoms with E-state index in [9.17, 15) is 0 Å². The van der Waals surface area contributed by atoms with Gasteiger partial charge in [0.15, 0.2) is 0 Å². The molecule has 0 bridgehead atoms. The number of hydrogen-bond acceptors (Lipinski definition) is 5. The van der Waals surface area contributed by atoms with Crippen LogP contribution in [0.25, 0.3) is 0 Å². The Kier molecular flexibility index (Phi) is 4.96. The van der Waals surface area contributed by atoms with Gasteiger partial charge in [-0.2, -0.15) is 0 Å². The van der Waals surface area contributed by atoms with E-state index in [0.29, 0.717) is 6.04 Å². The molecule has 106 valence electrons. The average Bonchev–Trinajstić information content (AvgIpc) is 2.38. The Hall–Kier alpha value is -1.36. The predicted molar refractivity (Wildman–Crippen MR) is 79.7 cm³/mol. The number of likely N-dealkylation sites (N-methyl/N-ethyl adjacent to an activating group) is 1. The molecule has 1 unspecified atom stereocenters. The van der Waals surface area contributed by atoms with Crippen molar-refractivity contribution >= 4 is 11.6 Å². The van der Waals surface area contributed by atoms with E-state index in [-0.39, 0.29) is 0 Å². The zero-order chi connectivity index (χ0) is 13.7. The first-order valence-electron chi connectivity index (χ1n) is 7.29. The number of nitrogens with zero attached hydrogens (tertiary/aromatic N) is 3. The largest absolute Gasteiger partial charge is 0.370 e. The fourth-order valence-electron chi connectivity index (χ4n) is 2.58. The molecule has 1 aromatic rings. The summed E-state index contributed by atoms with van der Waals surface area (Å²) in [6.07, 6.45) is 2.48. The molecule has 2 heterocycles. The molecule has 5 nitrogen and oxygen atoms in total. The molecule has 0 spiro atoms. The summed E-state index contributed by atoms with van der Waals surface area (Å²) < 4.78 is 0. The van der Waals surface area contributed by atoms with Crippen molar-refractivity contribution in [1.82, 2.24) is 14.9 Å². The zero-order valence-electron chi connectivity index (χ0n) is 12.2. The van der Waals surface area contributed by atoms with Crippen molar-refractivity contribution in [2.24, 2.45) is 0 Å². The van der Waals surface area contributed by atoms with E-state index in [1.807, 2.05) is 13.0 Å². The lowest BCUT2D eigenvalue weighted by atomic mass is 10.1. The number of aromatic nitrogens is 2. The maximum atomic E-state index is 4.48. The normalized spacial score (nSPS) is 20.3. The molecule has 0 aliphatic carbocycles. The van der Waals surface area contributed by atoms with Crippen molar-refractivity contribution in [3.05, 3.63) is 11.9 Å². The van der Waals surface area contributed by atoms with Crippen LogP contribution in [0.1, 0.15) is 32.5 Å². The minimum Gasteiger partial charge on any atom is -0.370 e. The quantitative estimate of drug-likeness (QED) is 0.852. The van der Waals surface area contributed by atoms with Crippen LogP contribution in [0.15, 0.2) is 6.07 Å². The molecule has 0 aromatic carbocycles. The third-order valence-corrected chi connectivity index (χ3v) is 3.50. The van der Waals surface area contributed by atoms with Crippen molar-refractivity contribution < 1.29 is 0 Å². The van der Waals surface area contributed by atoms with E-state index in [0.717, 1.165) is 37.1 Å². The summed E-state index contributed by atoms with van der Waals surface area (Å²) in [5, 5.41) is 6.80. The van der Waals surface area contributed by atoms with Gasteiger partial charge in [-0.15, -0.1) is 0 Å². The van der Waals surface area contributed by atoms with Gasteiger partial charge in [0.25, 0.3) is 0 Å². The number of rotatable bonds is 5. The fraction of sp³-hybridized carbons (Fsp3) is 0.714. The maximum Gasteiger partial charge on any atom is 0.132 e. The molecular weight excluding hydrogens is 238 g/mol. The van der Waals surface area contributed by atoms with E-state index >= 15 is 0 Å². The van der Waals surface area contributed by atoms with E-state index in [2.05, 4.69) is 39.3 Å². The first-order valence-corrected chi connectivity index (χ1v) is 7.29. The van der Waals surface area contributed by atoms with Crippen molar-refractivity contribution in [2.75, 3.05) is 36.8 Å². The van der Waals surface area contributed by atoms with Crippen LogP contribution in [-0.2, 0) is 0 Å². The summed E-state index contributed by atoms with van der Waals surface area (Å²) in [7, 11) is 0. The van der Waals surface area contributed by atoms with Crippen LogP contribution in [0.2, 0.25) is 0 Å². The Morgan fingerprint density at radius 1 is 1.32 bits per heavy atom. The molecule has 1 aromatic heterocycles. The molecule has 2 N–H and O–H groups in total. The van der Waals surface area contributed by atoms with Crippen LogP contribution < -0.4 is 10.6 Å². The number of piperidine rings is 1. The number of likely N-dealkylation sites (tertiary alicyclic amines) is 1. The van der Waals surface area contributed by atoms with Crippen molar-refractivity contribution in [2.45, 2.75) is 39.7 Å². The minimum absolute atomic E-state index is 0.498. The first-order chi connectivity index (χ1) is 9.21. The standard InChI is InChI=1S/C14H25N5/c1-4-15-13-9-14(17-11(3)16-13)18-12-7-6-8-19(5-2)10-12/h9,12H,4-8,10H2,1-3H3,(H2,15,16,17,18). The average molecular weight is 263 g/mol. The van der Waals surface area contributed by atoms with Crippen molar-refractivity contribution in [3.63, 3.8) is 0 Å². The Labute approximate surface area is 115 Å². The molecule has 0 amide bonds. The second-order valence-corrected chi connectivity index (χ2v) is 5.09. The highest BCUT2D eigenvalue weighted by Crippen LogP contribution is 2.16. The Morgan fingerprint density at radius 3 is 2.84 bits per heavy atom. The van der Waals surface area contributed by atoms with Crippen LogP contribution in [0, 0.1) is 6.92 Å². The molecule has 1 fully saturated rings. The molecule has 1 saturated heterocycles. The third-order valence-electron chi connectivity index (χ3n) is 3.50. The molecule has 1 aliphatic heterocycles. The van der Waals surface area contributed by atoms with Gasteiger partial charge in [-0.1, -0.05) is 6.92 Å². The fourth-order valence-corrected chi connectivity index (χ4v) is 2.58. The van der Waals surface area contributed by atoms with Gasteiger partial charge in [0.1, 0.15) is 17.5 Å². The second-order valence-electron chi connectivity index (χ2n) is 5.09. The summed E-state index contributed by atoms with van der Waals surface area (Å²) >= 11 is 0. The zero-order valence-corrected chi connectivity index (χ0v) is 12.2. The Bertz CT molecular complexity index is 407. The lowest BCUT2D eigenvalue weighted by molar-refractivity contribution is 0.226. The predicted octanol–water partition coefficient (Wildman–Crippen LogP) is 2.11. The number of anilines is 2. The molecule has 5 heteroatoms. The summed E-state index contributed by atoms with van der Waals surface area (Å²) in [4.78, 5) is 11.3. The molecule has 0 saturated carbocycles. The van der Waals surface area contributed by atoms with Crippen LogP contribution in [0.4, 0.5) is 11.6 Å². The molecule has 19 heavy (non-hydrogen) atoms. The van der Waals surface area contributed by atoms with E-state index in [4.69, 9.17) is 0 Å². The SMILES string of the molecule is CCNc1cc(NC2CCCN(CC)C2)nc(C)n1. The monoisotopic (exact) mass is 263 g/mol. The van der Waals surface area contributed by atoms with Crippen molar-refractivity contribution in [1.29, 1.82) is 0 Å². The molecule has 2 rings (SSSR count). The summed E-state index contributed by atoms with van der Waals surface area (Å²) in [5.41, 5.74) is 0. The molecule has 1 atom stereocenters. The van der Waals surface area contributed by atoms with E-state index in [1.54, 1.807) is 0 Å². The highest BCUT2D eigenvalue weighted by atomic mass is 15.2. The van der Waals surface area contributed by atoms with E-state index in [1.165, 1.54) is 19.4 Å². The third kappa shape index (κ3) is 4.06. The molecule has 0 radical (unpaired) electrons. The second kappa shape index (κ2) is 6.70. The number of aryl methyl sites for hydroxylation is 1. The summed E-state index contributed by atoms with van der Waals surface area (Å²) in [6, 6.07) is 2.50. The van der Waals surface area contributed by atoms with Crippen LogP contribution in [-0.4, -0.2) is 47.1 Å². The first kappa shape index (κ1) is 14.1. The van der Waals surface area contributed by atoms with Gasteiger partial charge in [0.2, 0.25) is 0 Å². The van der Waals surface area contributed by atoms with Gasteiger partial charge in [0.05, 0.1) is 0 Å². The number of hydrogen-bond donors (Lipinski definition) is 2. The minimum atomic E-state index is 0.498. The van der Waals surface area contributed by atoms with Crippen molar-refractivity contribution in [3.8, 4) is 0 Å². The van der Waals surface area contributed by atoms with Gasteiger partial charge < -0.3 is 15.5 Å². The molecule has 1 aliphatic rings. The molecular formula is C14H25N5. The topological polar surface area (TPSA) is 53.1 Å². The van der Waals surface area contributed by atoms with Gasteiger partial charge in [0, 0.05) is 25.2 Å². The van der Waals surface area contributed by atoms with Crippen LogP contribution >= 0.6 is 0 Å². The summed E-state index contributed by atoms with van der Waals surface area (Å²) in [5.74, 6) is 2.65. The lowest BCUT2D eigenvalue weighted by Crippen LogP contribution is -2.42. The van der Waals surface area contributed by atoms with Gasteiger partial charge >= 0.3 is 0 Å². The van der Waals surface area contributed by atoms with E-state index < -0.39 is 0 Å². The van der Waals surface area contributed by atoms with Gasteiger partial charge in [-0.3, -0.25) is 0 Å². The summed E-state index contributed by atoms with van der Waals surface area (Å²) in [6.45, 7) is 10.6. The number of nitrogens with one attached hydrogen (secondary N) is 2. The Morgan fingerprint density at radius 2 is 2.11 bits per heavy atom. The maximum absolute atomic E-state index is 4.48.